The molecule has 3 heteroatoms. The van der Waals surface area contributed by atoms with Gasteiger partial charge < -0.3 is 11.1 Å². The van der Waals surface area contributed by atoms with Crippen molar-refractivity contribution in [1.82, 2.24) is 5.32 Å². The van der Waals surface area contributed by atoms with Crippen molar-refractivity contribution in [3.63, 3.8) is 0 Å². The average Bonchev–Trinajstić information content (AvgIpc) is 2.08. The van der Waals surface area contributed by atoms with E-state index in [2.05, 4.69) is 12.2 Å². The zero-order chi connectivity index (χ0) is 11.6. The van der Waals surface area contributed by atoms with Crippen LogP contribution in [0.2, 0.25) is 0 Å². The highest BCUT2D eigenvalue weighted by Crippen LogP contribution is 2.42. The molecule has 2 saturated carbocycles. The van der Waals surface area contributed by atoms with Crippen LogP contribution in [0.3, 0.4) is 0 Å². The van der Waals surface area contributed by atoms with Crippen molar-refractivity contribution >= 4 is 5.91 Å². The van der Waals surface area contributed by atoms with Crippen LogP contribution in [0.4, 0.5) is 0 Å². The number of hydrogen-bond donors (Lipinski definition) is 2. The van der Waals surface area contributed by atoms with Crippen molar-refractivity contribution in [1.29, 1.82) is 0 Å². The van der Waals surface area contributed by atoms with E-state index in [0.29, 0.717) is 19.0 Å². The molecule has 2 rings (SSSR count). The van der Waals surface area contributed by atoms with Gasteiger partial charge in [0.1, 0.15) is 0 Å². The van der Waals surface area contributed by atoms with Crippen LogP contribution >= 0.6 is 0 Å². The van der Waals surface area contributed by atoms with Crippen LogP contribution in [0.5, 0.6) is 0 Å². The first-order valence-corrected chi connectivity index (χ1v) is 6.65. The van der Waals surface area contributed by atoms with E-state index in [4.69, 9.17) is 5.73 Å². The highest BCUT2D eigenvalue weighted by Gasteiger charge is 2.38. The number of carbonyl (C=O) groups is 1. The molecule has 2 aliphatic rings. The summed E-state index contributed by atoms with van der Waals surface area (Å²) < 4.78 is 0. The van der Waals surface area contributed by atoms with Gasteiger partial charge in [0, 0.05) is 12.5 Å². The van der Waals surface area contributed by atoms with E-state index in [0.717, 1.165) is 18.8 Å². The van der Waals surface area contributed by atoms with Crippen molar-refractivity contribution in [2.24, 2.45) is 17.1 Å². The Morgan fingerprint density at radius 2 is 2.12 bits per heavy atom. The molecule has 1 unspecified atom stereocenters. The Morgan fingerprint density at radius 1 is 1.44 bits per heavy atom. The fourth-order valence-corrected chi connectivity index (χ4v) is 2.83. The predicted octanol–water partition coefficient (Wildman–Crippen LogP) is 1.81. The molecule has 0 bridgehead atoms. The van der Waals surface area contributed by atoms with Crippen molar-refractivity contribution < 1.29 is 4.79 Å². The SMILES string of the molecule is CC(NC(=O)CC1(CN)CCC1)C1CCC1. The van der Waals surface area contributed by atoms with Gasteiger partial charge in [-0.3, -0.25) is 4.79 Å². The first-order valence-electron chi connectivity index (χ1n) is 6.65. The molecule has 2 aliphatic carbocycles. The Labute approximate surface area is 98.2 Å². The van der Waals surface area contributed by atoms with Crippen LogP contribution in [0.1, 0.15) is 51.9 Å². The summed E-state index contributed by atoms with van der Waals surface area (Å²) in [6.07, 6.45) is 8.04. The third-order valence-electron chi connectivity index (χ3n) is 4.63. The Hall–Kier alpha value is -0.570. The van der Waals surface area contributed by atoms with Crippen LogP contribution < -0.4 is 11.1 Å². The lowest BCUT2D eigenvalue weighted by atomic mass is 9.66. The normalized spacial score (nSPS) is 25.4. The van der Waals surface area contributed by atoms with Gasteiger partial charge in [-0.1, -0.05) is 12.8 Å². The van der Waals surface area contributed by atoms with Crippen molar-refractivity contribution in [2.75, 3.05) is 6.54 Å². The summed E-state index contributed by atoms with van der Waals surface area (Å²) in [6, 6.07) is 0.358. The molecule has 16 heavy (non-hydrogen) atoms. The van der Waals surface area contributed by atoms with E-state index in [1.54, 1.807) is 0 Å². The molecule has 0 heterocycles. The predicted molar refractivity (Wildman–Crippen MR) is 64.9 cm³/mol. The zero-order valence-electron chi connectivity index (χ0n) is 10.3. The van der Waals surface area contributed by atoms with Gasteiger partial charge in [-0.25, -0.2) is 0 Å². The number of nitrogens with one attached hydrogen (secondary N) is 1. The highest BCUT2D eigenvalue weighted by molar-refractivity contribution is 5.77. The van der Waals surface area contributed by atoms with E-state index < -0.39 is 0 Å². The van der Waals surface area contributed by atoms with Gasteiger partial charge in [-0.05, 0) is 50.5 Å². The standard InChI is InChI=1S/C13H24N2O/c1-10(11-4-2-5-11)15-12(16)8-13(9-14)6-3-7-13/h10-11H,2-9,14H2,1H3,(H,15,16). The van der Waals surface area contributed by atoms with E-state index in [-0.39, 0.29) is 11.3 Å². The largest absolute Gasteiger partial charge is 0.353 e. The Morgan fingerprint density at radius 3 is 2.50 bits per heavy atom. The quantitative estimate of drug-likeness (QED) is 0.748. The Bertz CT molecular complexity index is 251. The summed E-state index contributed by atoms with van der Waals surface area (Å²) in [5.41, 5.74) is 5.91. The summed E-state index contributed by atoms with van der Waals surface area (Å²) >= 11 is 0. The monoisotopic (exact) mass is 224 g/mol. The maximum atomic E-state index is 11.9. The van der Waals surface area contributed by atoms with Gasteiger partial charge in [0.25, 0.3) is 0 Å². The fourth-order valence-electron chi connectivity index (χ4n) is 2.83. The second-order valence-corrected chi connectivity index (χ2v) is 5.78. The second-order valence-electron chi connectivity index (χ2n) is 5.78. The van der Waals surface area contributed by atoms with Gasteiger partial charge in [0.15, 0.2) is 0 Å². The fraction of sp³-hybridized carbons (Fsp3) is 0.923. The molecule has 2 fully saturated rings. The molecule has 92 valence electrons. The highest BCUT2D eigenvalue weighted by atomic mass is 16.1. The maximum Gasteiger partial charge on any atom is 0.220 e. The Kier molecular flexibility index (Phi) is 3.53. The minimum absolute atomic E-state index is 0.142. The zero-order valence-corrected chi connectivity index (χ0v) is 10.3. The smallest absolute Gasteiger partial charge is 0.220 e. The van der Waals surface area contributed by atoms with Crippen molar-refractivity contribution in [3.8, 4) is 0 Å². The summed E-state index contributed by atoms with van der Waals surface area (Å²) in [5, 5.41) is 3.15. The van der Waals surface area contributed by atoms with Gasteiger partial charge in [0.05, 0.1) is 0 Å². The van der Waals surface area contributed by atoms with Gasteiger partial charge >= 0.3 is 0 Å². The van der Waals surface area contributed by atoms with Gasteiger partial charge in [-0.15, -0.1) is 0 Å². The van der Waals surface area contributed by atoms with Gasteiger partial charge in [0.2, 0.25) is 5.91 Å². The van der Waals surface area contributed by atoms with Crippen LogP contribution in [0.25, 0.3) is 0 Å². The van der Waals surface area contributed by atoms with Crippen LogP contribution in [-0.2, 0) is 4.79 Å². The summed E-state index contributed by atoms with van der Waals surface area (Å²) in [4.78, 5) is 11.9. The maximum absolute atomic E-state index is 11.9. The molecular weight excluding hydrogens is 200 g/mol. The third-order valence-corrected chi connectivity index (χ3v) is 4.63. The van der Waals surface area contributed by atoms with Crippen LogP contribution in [-0.4, -0.2) is 18.5 Å². The summed E-state index contributed by atoms with van der Waals surface area (Å²) in [7, 11) is 0. The lowest BCUT2D eigenvalue weighted by molar-refractivity contribution is -0.125. The second kappa shape index (κ2) is 4.74. The number of hydrogen-bond acceptors (Lipinski definition) is 2. The van der Waals surface area contributed by atoms with E-state index in [9.17, 15) is 4.79 Å². The Balaban J connectivity index is 1.74. The molecule has 3 N–H and O–H groups in total. The first kappa shape index (κ1) is 11.9. The topological polar surface area (TPSA) is 55.1 Å². The average molecular weight is 224 g/mol. The number of nitrogens with two attached hydrogens (primary N) is 1. The number of amides is 1. The molecule has 0 aromatic heterocycles. The minimum atomic E-state index is 0.142. The number of carbonyl (C=O) groups excluding carboxylic acids is 1. The molecule has 0 radical (unpaired) electrons. The molecule has 3 nitrogen and oxygen atoms in total. The van der Waals surface area contributed by atoms with Crippen molar-refractivity contribution in [3.05, 3.63) is 0 Å². The third kappa shape index (κ3) is 2.40. The van der Waals surface area contributed by atoms with Gasteiger partial charge in [-0.2, -0.15) is 0 Å². The summed E-state index contributed by atoms with van der Waals surface area (Å²) in [6.45, 7) is 2.80. The molecule has 0 aliphatic heterocycles. The van der Waals surface area contributed by atoms with E-state index >= 15 is 0 Å². The minimum Gasteiger partial charge on any atom is -0.353 e. The summed E-state index contributed by atoms with van der Waals surface area (Å²) in [5.74, 6) is 0.934. The molecule has 1 atom stereocenters. The van der Waals surface area contributed by atoms with Crippen molar-refractivity contribution in [2.45, 2.75) is 57.9 Å². The molecule has 0 aromatic carbocycles. The van der Waals surface area contributed by atoms with E-state index in [1.165, 1.54) is 25.7 Å². The van der Waals surface area contributed by atoms with Crippen LogP contribution in [0, 0.1) is 11.3 Å². The molecular formula is C13H24N2O. The van der Waals surface area contributed by atoms with E-state index in [1.807, 2.05) is 0 Å². The molecule has 0 spiro atoms. The van der Waals surface area contributed by atoms with Crippen LogP contribution in [0.15, 0.2) is 0 Å². The first-order chi connectivity index (χ1) is 7.65. The molecule has 0 aromatic rings. The number of rotatable bonds is 5. The lowest BCUT2D eigenvalue weighted by Gasteiger charge is -2.41. The lowest BCUT2D eigenvalue weighted by Crippen LogP contribution is -2.46. The molecule has 1 amide bonds. The molecule has 0 saturated heterocycles.